The summed E-state index contributed by atoms with van der Waals surface area (Å²) < 4.78 is 0. The quantitative estimate of drug-likeness (QED) is 0.429. The lowest BCUT2D eigenvalue weighted by molar-refractivity contribution is 0.559. The molecule has 0 atom stereocenters. The second-order valence-corrected chi connectivity index (χ2v) is 2.47. The molecule has 0 fully saturated rings. The van der Waals surface area contributed by atoms with Gasteiger partial charge in [0.25, 0.3) is 10.3 Å². The smallest absolute Gasteiger partial charge is 0.251 e. The second-order valence-electron chi connectivity index (χ2n) is 1.63. The highest BCUT2D eigenvalue weighted by atomic mass is 32.1. The summed E-state index contributed by atoms with van der Waals surface area (Å²) in [6, 6.07) is 0. The monoisotopic (exact) mass is 227 g/mol. The number of rotatable bonds is 2. The number of aliphatic hydroxyl groups is 2. The van der Waals surface area contributed by atoms with Gasteiger partial charge >= 0.3 is 0 Å². The number of hydrogen-bond donors (Lipinski definition) is 5. The molecule has 0 rings (SSSR count). The van der Waals surface area contributed by atoms with Crippen LogP contribution in [0.4, 0.5) is 0 Å². The van der Waals surface area contributed by atoms with E-state index in [2.05, 4.69) is 55.1 Å². The molecule has 0 saturated carbocycles. The van der Waals surface area contributed by atoms with Gasteiger partial charge < -0.3 is 27.0 Å². The summed E-state index contributed by atoms with van der Waals surface area (Å²) in [4.78, 5) is 0. The van der Waals surface area contributed by atoms with Crippen molar-refractivity contribution in [3.05, 3.63) is 0 Å². The number of nitrogens with one attached hydrogen (secondary N) is 1. The van der Waals surface area contributed by atoms with Crippen molar-refractivity contribution in [2.45, 2.75) is 13.8 Å². The standard InChI is InChI=1S/C4H11N.2CH3NOS/c1-3-5-4-2;2*2-1(3)4/h5H,3-4H2,1-2H3;2*(H3,2,3,4). The van der Waals surface area contributed by atoms with E-state index in [1.165, 1.54) is 0 Å². The van der Waals surface area contributed by atoms with Crippen molar-refractivity contribution in [2.75, 3.05) is 13.1 Å². The molecule has 13 heavy (non-hydrogen) atoms. The molecular formula is C6H17N3O2S2. The SMILES string of the molecule is CCNCC.NC(O)=S.NC(O)=S. The lowest BCUT2D eigenvalue weighted by Crippen LogP contribution is -2.09. The van der Waals surface area contributed by atoms with Crippen LogP contribution in [0.25, 0.3) is 0 Å². The minimum absolute atomic E-state index is 0.500. The molecule has 0 saturated heterocycles. The third kappa shape index (κ3) is 551. The number of aliphatic hydroxyl groups excluding tert-OH is 2. The Hall–Kier alpha value is -0.660. The van der Waals surface area contributed by atoms with E-state index in [9.17, 15) is 0 Å². The van der Waals surface area contributed by atoms with Crippen molar-refractivity contribution >= 4 is 34.8 Å². The van der Waals surface area contributed by atoms with Crippen LogP contribution >= 0.6 is 24.4 Å². The van der Waals surface area contributed by atoms with Crippen molar-refractivity contribution in [3.8, 4) is 0 Å². The maximum absolute atomic E-state index is 7.56. The highest BCUT2D eigenvalue weighted by Crippen LogP contribution is 1.47. The molecule has 0 spiro atoms. The Balaban J connectivity index is -0.000000117. The average Bonchev–Trinajstić information content (AvgIpc) is 1.86. The Bertz CT molecular complexity index is 111. The molecule has 0 unspecified atom stereocenters. The Kier molecular flexibility index (Phi) is 24.4. The highest BCUT2D eigenvalue weighted by Gasteiger charge is 1.62. The fraction of sp³-hybridized carbons (Fsp3) is 0.667. The van der Waals surface area contributed by atoms with Gasteiger partial charge in [0, 0.05) is 0 Å². The minimum atomic E-state index is -0.500. The molecule has 5 nitrogen and oxygen atoms in total. The largest absolute Gasteiger partial charge is 0.487 e. The molecule has 0 aromatic heterocycles. The van der Waals surface area contributed by atoms with Gasteiger partial charge in [-0.3, -0.25) is 0 Å². The van der Waals surface area contributed by atoms with Crippen molar-refractivity contribution in [3.63, 3.8) is 0 Å². The summed E-state index contributed by atoms with van der Waals surface area (Å²) in [5.41, 5.74) is 8.80. The molecule has 7 N–H and O–H groups in total. The lowest BCUT2D eigenvalue weighted by Gasteiger charge is -1.86. The van der Waals surface area contributed by atoms with Gasteiger partial charge in [0.1, 0.15) is 0 Å². The van der Waals surface area contributed by atoms with E-state index >= 15 is 0 Å². The molecule has 0 amide bonds. The van der Waals surface area contributed by atoms with Crippen LogP contribution in [0.5, 0.6) is 0 Å². The van der Waals surface area contributed by atoms with Crippen LogP contribution in [0.3, 0.4) is 0 Å². The fourth-order valence-corrected chi connectivity index (χ4v) is 0.250. The first-order chi connectivity index (χ1) is 5.88. The molecule has 80 valence electrons. The Morgan fingerprint density at radius 3 is 1.23 bits per heavy atom. The predicted octanol–water partition coefficient (Wildman–Crippen LogP) is 0.192. The van der Waals surface area contributed by atoms with Crippen molar-refractivity contribution in [2.24, 2.45) is 11.5 Å². The summed E-state index contributed by atoms with van der Waals surface area (Å²) in [6.07, 6.45) is 0. The molecule has 0 aromatic carbocycles. The molecule has 0 aliphatic heterocycles. The van der Waals surface area contributed by atoms with E-state index in [-0.39, 0.29) is 0 Å². The van der Waals surface area contributed by atoms with E-state index < -0.39 is 10.3 Å². The Morgan fingerprint density at radius 1 is 1.08 bits per heavy atom. The third-order valence-corrected chi connectivity index (χ3v) is 0.500. The van der Waals surface area contributed by atoms with Gasteiger partial charge in [0.05, 0.1) is 0 Å². The van der Waals surface area contributed by atoms with Gasteiger partial charge in [-0.05, 0) is 37.5 Å². The predicted molar refractivity (Wildman–Crippen MR) is 63.0 cm³/mol. The summed E-state index contributed by atoms with van der Waals surface area (Å²) >= 11 is 7.74. The molecule has 0 aromatic rings. The summed E-state index contributed by atoms with van der Waals surface area (Å²) in [5, 5.41) is 17.2. The second kappa shape index (κ2) is 17.4. The number of hydrogen-bond acceptors (Lipinski definition) is 3. The van der Waals surface area contributed by atoms with Crippen LogP contribution in [-0.4, -0.2) is 33.7 Å². The topological polar surface area (TPSA) is 105 Å². The minimum Gasteiger partial charge on any atom is -0.487 e. The van der Waals surface area contributed by atoms with E-state index in [4.69, 9.17) is 10.2 Å². The van der Waals surface area contributed by atoms with Crippen LogP contribution in [0.1, 0.15) is 13.8 Å². The van der Waals surface area contributed by atoms with Crippen molar-refractivity contribution in [1.82, 2.24) is 5.32 Å². The zero-order chi connectivity index (χ0) is 11.3. The first kappa shape index (κ1) is 18.2. The Labute approximate surface area is 89.1 Å². The van der Waals surface area contributed by atoms with Crippen molar-refractivity contribution < 1.29 is 10.2 Å². The maximum atomic E-state index is 7.56. The molecular weight excluding hydrogens is 210 g/mol. The van der Waals surface area contributed by atoms with E-state index in [0.29, 0.717) is 0 Å². The molecule has 0 bridgehead atoms. The van der Waals surface area contributed by atoms with Gasteiger partial charge in [0.2, 0.25) is 0 Å². The maximum Gasteiger partial charge on any atom is 0.251 e. The highest BCUT2D eigenvalue weighted by molar-refractivity contribution is 7.80. The van der Waals surface area contributed by atoms with E-state index in [0.717, 1.165) is 13.1 Å². The lowest BCUT2D eigenvalue weighted by atomic mass is 10.7. The molecule has 0 aliphatic rings. The van der Waals surface area contributed by atoms with Crippen LogP contribution < -0.4 is 16.8 Å². The summed E-state index contributed by atoms with van der Waals surface area (Å²) in [7, 11) is 0. The first-order valence-corrected chi connectivity index (χ1v) is 4.37. The van der Waals surface area contributed by atoms with Crippen molar-refractivity contribution in [1.29, 1.82) is 0 Å². The van der Waals surface area contributed by atoms with E-state index in [1.807, 2.05) is 0 Å². The fourth-order valence-electron chi connectivity index (χ4n) is 0.250. The molecule has 0 aliphatic carbocycles. The third-order valence-electron chi connectivity index (χ3n) is 0.500. The van der Waals surface area contributed by atoms with Gasteiger partial charge in [-0.15, -0.1) is 0 Å². The van der Waals surface area contributed by atoms with Crippen LogP contribution in [-0.2, 0) is 0 Å². The summed E-state index contributed by atoms with van der Waals surface area (Å²) in [6.45, 7) is 6.39. The van der Waals surface area contributed by atoms with Gasteiger partial charge in [-0.1, -0.05) is 13.8 Å². The number of nitrogens with two attached hydrogens (primary N) is 2. The van der Waals surface area contributed by atoms with Crippen LogP contribution in [0.2, 0.25) is 0 Å². The van der Waals surface area contributed by atoms with Crippen LogP contribution in [0.15, 0.2) is 0 Å². The summed E-state index contributed by atoms with van der Waals surface area (Å²) in [5.74, 6) is 0. The van der Waals surface area contributed by atoms with Crippen LogP contribution in [0, 0.1) is 0 Å². The molecule has 0 heterocycles. The van der Waals surface area contributed by atoms with Gasteiger partial charge in [0.15, 0.2) is 0 Å². The zero-order valence-corrected chi connectivity index (χ0v) is 9.41. The normalized spacial score (nSPS) is 6.92. The average molecular weight is 227 g/mol. The van der Waals surface area contributed by atoms with E-state index in [1.54, 1.807) is 0 Å². The number of thiocarbonyl (C=S) groups is 2. The zero-order valence-electron chi connectivity index (χ0n) is 7.78. The first-order valence-electron chi connectivity index (χ1n) is 3.55. The van der Waals surface area contributed by atoms with Gasteiger partial charge in [-0.2, -0.15) is 0 Å². The van der Waals surface area contributed by atoms with Gasteiger partial charge in [-0.25, -0.2) is 0 Å². The Morgan fingerprint density at radius 2 is 1.23 bits per heavy atom. The molecule has 0 radical (unpaired) electrons. The molecule has 7 heteroatoms.